The van der Waals surface area contributed by atoms with Gasteiger partial charge < -0.3 is 4.74 Å². The minimum Gasteiger partial charge on any atom is -0.493 e. The van der Waals surface area contributed by atoms with Crippen LogP contribution in [0.4, 0.5) is 0 Å². The van der Waals surface area contributed by atoms with Gasteiger partial charge in [0.1, 0.15) is 10.8 Å². The third-order valence-corrected chi connectivity index (χ3v) is 5.95. The van der Waals surface area contributed by atoms with Crippen molar-refractivity contribution >= 4 is 11.8 Å². The highest BCUT2D eigenvalue weighted by Gasteiger charge is 2.21. The standard InChI is InChI=1S/C23H24N2O2S/c1-2-3-14-27-21-11-7-10-18-19(21)12-13-25-20(18)15-22(24-23(25)26)28-16-17-8-5-4-6-9-17/h4-11,15H,2-3,12-14,16H2,1H3. The van der Waals surface area contributed by atoms with E-state index in [4.69, 9.17) is 4.74 Å². The molecular formula is C23H24N2O2S. The zero-order valence-electron chi connectivity index (χ0n) is 16.1. The zero-order valence-corrected chi connectivity index (χ0v) is 16.9. The minimum atomic E-state index is -0.170. The fraction of sp³-hybridized carbons (Fsp3) is 0.304. The van der Waals surface area contributed by atoms with Crippen molar-refractivity contribution < 1.29 is 4.74 Å². The number of aromatic nitrogens is 2. The molecule has 0 saturated heterocycles. The van der Waals surface area contributed by atoms with Gasteiger partial charge in [-0.25, -0.2) is 4.79 Å². The monoisotopic (exact) mass is 392 g/mol. The van der Waals surface area contributed by atoms with Gasteiger partial charge in [0, 0.05) is 23.4 Å². The summed E-state index contributed by atoms with van der Waals surface area (Å²) < 4.78 is 7.80. The van der Waals surface area contributed by atoms with E-state index in [0.717, 1.165) is 53.7 Å². The summed E-state index contributed by atoms with van der Waals surface area (Å²) in [5.41, 5.74) is 4.28. The summed E-state index contributed by atoms with van der Waals surface area (Å²) in [5, 5.41) is 0.769. The summed E-state index contributed by atoms with van der Waals surface area (Å²) in [6, 6.07) is 18.4. The smallest absolute Gasteiger partial charge is 0.349 e. The molecule has 0 fully saturated rings. The fourth-order valence-corrected chi connectivity index (χ4v) is 4.32. The van der Waals surface area contributed by atoms with Gasteiger partial charge in [0.05, 0.1) is 12.3 Å². The van der Waals surface area contributed by atoms with Crippen LogP contribution in [0.5, 0.6) is 5.75 Å². The van der Waals surface area contributed by atoms with Crippen molar-refractivity contribution in [1.82, 2.24) is 9.55 Å². The van der Waals surface area contributed by atoms with E-state index >= 15 is 0 Å². The molecule has 0 N–H and O–H groups in total. The van der Waals surface area contributed by atoms with Crippen LogP contribution in [0.2, 0.25) is 0 Å². The molecule has 2 heterocycles. The van der Waals surface area contributed by atoms with Gasteiger partial charge >= 0.3 is 5.69 Å². The number of ether oxygens (including phenoxy) is 1. The average molecular weight is 393 g/mol. The molecule has 1 aromatic heterocycles. The number of thioether (sulfide) groups is 1. The first-order valence-corrected chi connectivity index (χ1v) is 10.8. The van der Waals surface area contributed by atoms with Gasteiger partial charge in [-0.3, -0.25) is 4.57 Å². The molecule has 0 spiro atoms. The van der Waals surface area contributed by atoms with Crippen LogP contribution in [0.1, 0.15) is 30.9 Å². The molecule has 4 nitrogen and oxygen atoms in total. The van der Waals surface area contributed by atoms with Crippen molar-refractivity contribution in [2.45, 2.75) is 43.5 Å². The second kappa shape index (κ2) is 8.65. The van der Waals surface area contributed by atoms with Crippen LogP contribution in [-0.4, -0.2) is 16.2 Å². The Morgan fingerprint density at radius 1 is 1.14 bits per heavy atom. The van der Waals surface area contributed by atoms with E-state index in [1.807, 2.05) is 36.4 Å². The third kappa shape index (κ3) is 3.99. The molecule has 0 atom stereocenters. The summed E-state index contributed by atoms with van der Waals surface area (Å²) >= 11 is 1.60. The van der Waals surface area contributed by atoms with Crippen molar-refractivity contribution in [3.8, 4) is 17.0 Å². The van der Waals surface area contributed by atoms with Gasteiger partial charge in [0.25, 0.3) is 0 Å². The maximum atomic E-state index is 12.6. The number of benzene rings is 2. The summed E-state index contributed by atoms with van der Waals surface area (Å²) in [4.78, 5) is 16.9. The predicted octanol–water partition coefficient (Wildman–Crippen LogP) is 4.94. The molecule has 2 aromatic carbocycles. The largest absolute Gasteiger partial charge is 0.493 e. The normalized spacial score (nSPS) is 12.3. The quantitative estimate of drug-likeness (QED) is 0.325. The Morgan fingerprint density at radius 3 is 2.82 bits per heavy atom. The fourth-order valence-electron chi connectivity index (χ4n) is 3.48. The molecule has 28 heavy (non-hydrogen) atoms. The molecule has 0 saturated carbocycles. The second-order valence-corrected chi connectivity index (χ2v) is 7.92. The molecular weight excluding hydrogens is 368 g/mol. The highest BCUT2D eigenvalue weighted by atomic mass is 32.2. The van der Waals surface area contributed by atoms with Crippen molar-refractivity contribution in [2.24, 2.45) is 0 Å². The van der Waals surface area contributed by atoms with E-state index in [1.54, 1.807) is 16.3 Å². The topological polar surface area (TPSA) is 44.1 Å². The van der Waals surface area contributed by atoms with Gasteiger partial charge in [-0.2, -0.15) is 4.98 Å². The van der Waals surface area contributed by atoms with Crippen molar-refractivity contribution in [3.63, 3.8) is 0 Å². The molecule has 1 aliphatic heterocycles. The van der Waals surface area contributed by atoms with Crippen molar-refractivity contribution in [2.75, 3.05) is 6.61 Å². The van der Waals surface area contributed by atoms with Crippen LogP contribution < -0.4 is 10.4 Å². The first kappa shape index (κ1) is 18.8. The second-order valence-electron chi connectivity index (χ2n) is 6.92. The molecule has 0 unspecified atom stereocenters. The Kier molecular flexibility index (Phi) is 5.81. The number of fused-ring (bicyclic) bond motifs is 3. The first-order valence-electron chi connectivity index (χ1n) is 9.80. The van der Waals surface area contributed by atoms with Crippen molar-refractivity contribution in [1.29, 1.82) is 0 Å². The number of rotatable bonds is 7. The van der Waals surface area contributed by atoms with Gasteiger partial charge in [-0.05, 0) is 30.5 Å². The lowest BCUT2D eigenvalue weighted by molar-refractivity contribution is 0.305. The molecule has 0 radical (unpaired) electrons. The average Bonchev–Trinajstić information content (AvgIpc) is 2.73. The Bertz CT molecular complexity index is 1010. The molecule has 3 aromatic rings. The highest BCUT2D eigenvalue weighted by Crippen LogP contribution is 2.35. The molecule has 4 rings (SSSR count). The lowest BCUT2D eigenvalue weighted by atomic mass is 9.97. The van der Waals surface area contributed by atoms with Crippen LogP contribution >= 0.6 is 11.8 Å². The number of hydrogen-bond donors (Lipinski definition) is 0. The molecule has 0 bridgehead atoms. The molecule has 0 aliphatic carbocycles. The van der Waals surface area contributed by atoms with Crippen LogP contribution in [0.25, 0.3) is 11.3 Å². The summed E-state index contributed by atoms with van der Waals surface area (Å²) in [6.45, 7) is 3.54. The third-order valence-electron chi connectivity index (χ3n) is 4.97. The Hall–Kier alpha value is -2.53. The number of hydrogen-bond acceptors (Lipinski definition) is 4. The first-order chi connectivity index (χ1) is 13.8. The van der Waals surface area contributed by atoms with Gasteiger partial charge in [0.2, 0.25) is 0 Å². The lowest BCUT2D eigenvalue weighted by Crippen LogP contribution is -2.28. The van der Waals surface area contributed by atoms with Crippen LogP contribution in [0.15, 0.2) is 64.4 Å². The minimum absolute atomic E-state index is 0.170. The maximum absolute atomic E-state index is 12.6. The van der Waals surface area contributed by atoms with Crippen molar-refractivity contribution in [3.05, 3.63) is 76.2 Å². The predicted molar refractivity (Wildman–Crippen MR) is 114 cm³/mol. The van der Waals surface area contributed by atoms with Crippen LogP contribution in [0.3, 0.4) is 0 Å². The molecule has 1 aliphatic rings. The zero-order chi connectivity index (χ0) is 19.3. The van der Waals surface area contributed by atoms with Gasteiger partial charge in [-0.15, -0.1) is 11.8 Å². The Balaban J connectivity index is 1.64. The van der Waals surface area contributed by atoms with E-state index in [9.17, 15) is 4.79 Å². The summed E-state index contributed by atoms with van der Waals surface area (Å²) in [6.07, 6.45) is 2.95. The van der Waals surface area contributed by atoms with Crippen LogP contribution in [0, 0.1) is 0 Å². The lowest BCUT2D eigenvalue weighted by Gasteiger charge is -2.24. The van der Waals surface area contributed by atoms with Gasteiger partial charge in [-0.1, -0.05) is 55.8 Å². The van der Waals surface area contributed by atoms with E-state index in [-0.39, 0.29) is 5.69 Å². The highest BCUT2D eigenvalue weighted by molar-refractivity contribution is 7.98. The SMILES string of the molecule is CCCCOc1cccc2c1CCn1c-2cc(SCc2ccccc2)nc1=O. The van der Waals surface area contributed by atoms with Crippen LogP contribution in [-0.2, 0) is 18.7 Å². The summed E-state index contributed by atoms with van der Waals surface area (Å²) in [7, 11) is 0. The molecule has 5 heteroatoms. The molecule has 144 valence electrons. The van der Waals surface area contributed by atoms with E-state index < -0.39 is 0 Å². The van der Waals surface area contributed by atoms with E-state index in [1.165, 1.54) is 11.1 Å². The Morgan fingerprint density at radius 2 is 2.00 bits per heavy atom. The van der Waals surface area contributed by atoms with Gasteiger partial charge in [0.15, 0.2) is 0 Å². The maximum Gasteiger partial charge on any atom is 0.349 e. The van der Waals surface area contributed by atoms with E-state index in [2.05, 4.69) is 30.1 Å². The molecule has 0 amide bonds. The number of nitrogens with zero attached hydrogens (tertiary/aromatic N) is 2. The number of unbranched alkanes of at least 4 members (excludes halogenated alkanes) is 1. The summed E-state index contributed by atoms with van der Waals surface area (Å²) in [5.74, 6) is 1.74. The van der Waals surface area contributed by atoms with E-state index in [0.29, 0.717) is 6.54 Å². The Labute approximate surface area is 169 Å².